The van der Waals surface area contributed by atoms with Crippen LogP contribution in [0.1, 0.15) is 46.5 Å². The van der Waals surface area contributed by atoms with Gasteiger partial charge in [-0.25, -0.2) is 0 Å². The molecule has 0 aliphatic carbocycles. The normalized spacial score (nSPS) is 14.8. The Kier molecular flexibility index (Phi) is 8.75. The van der Waals surface area contributed by atoms with Gasteiger partial charge in [0.05, 0.1) is 6.61 Å². The monoisotopic (exact) mass is 259 g/mol. The number of amidine groups is 1. The first-order chi connectivity index (χ1) is 8.47. The predicted octanol–water partition coefficient (Wildman–Crippen LogP) is 1.94. The molecule has 0 fully saturated rings. The van der Waals surface area contributed by atoms with Gasteiger partial charge in [0.2, 0.25) is 0 Å². The standard InChI is InChI=1S/C13H29N3O2/c1-5-11(10-18-4)15-9-7-6-8-13(2,3)12(14)16-17/h11,15,17H,5-10H2,1-4H3,(H2,14,16). The fourth-order valence-corrected chi connectivity index (χ4v) is 1.78. The lowest BCUT2D eigenvalue weighted by Gasteiger charge is -2.23. The van der Waals surface area contributed by atoms with E-state index in [2.05, 4.69) is 17.4 Å². The van der Waals surface area contributed by atoms with Crippen LogP contribution in [-0.2, 0) is 4.74 Å². The maximum atomic E-state index is 8.67. The molecule has 0 saturated carbocycles. The summed E-state index contributed by atoms with van der Waals surface area (Å²) in [7, 11) is 1.73. The van der Waals surface area contributed by atoms with E-state index in [0.29, 0.717) is 11.9 Å². The minimum atomic E-state index is -0.231. The summed E-state index contributed by atoms with van der Waals surface area (Å²) in [5.74, 6) is 0.307. The number of rotatable bonds is 10. The van der Waals surface area contributed by atoms with Gasteiger partial charge in [-0.05, 0) is 25.8 Å². The minimum absolute atomic E-state index is 0.231. The largest absolute Gasteiger partial charge is 0.409 e. The summed E-state index contributed by atoms with van der Waals surface area (Å²) in [6, 6.07) is 0.437. The van der Waals surface area contributed by atoms with Gasteiger partial charge in [0.25, 0.3) is 0 Å². The van der Waals surface area contributed by atoms with Crippen LogP contribution in [0.4, 0.5) is 0 Å². The van der Waals surface area contributed by atoms with Crippen molar-refractivity contribution in [2.45, 2.75) is 52.5 Å². The molecule has 0 saturated heterocycles. The van der Waals surface area contributed by atoms with Crippen LogP contribution in [0.2, 0.25) is 0 Å². The second-order valence-electron chi connectivity index (χ2n) is 5.34. The summed E-state index contributed by atoms with van der Waals surface area (Å²) in [5, 5.41) is 15.2. The summed E-state index contributed by atoms with van der Waals surface area (Å²) in [4.78, 5) is 0. The lowest BCUT2D eigenvalue weighted by atomic mass is 9.86. The van der Waals surface area contributed by atoms with E-state index in [0.717, 1.165) is 38.8 Å². The molecule has 1 unspecified atom stereocenters. The van der Waals surface area contributed by atoms with Crippen LogP contribution in [0.15, 0.2) is 5.16 Å². The lowest BCUT2D eigenvalue weighted by Crippen LogP contribution is -2.34. The van der Waals surface area contributed by atoms with Crippen LogP contribution in [0.5, 0.6) is 0 Å². The van der Waals surface area contributed by atoms with E-state index in [1.54, 1.807) is 7.11 Å². The Balaban J connectivity index is 3.74. The number of nitrogens with zero attached hydrogens (tertiary/aromatic N) is 1. The van der Waals surface area contributed by atoms with Crippen molar-refractivity contribution in [2.75, 3.05) is 20.3 Å². The van der Waals surface area contributed by atoms with Crippen molar-refractivity contribution in [2.24, 2.45) is 16.3 Å². The molecular formula is C13H29N3O2. The van der Waals surface area contributed by atoms with E-state index >= 15 is 0 Å². The predicted molar refractivity (Wildman–Crippen MR) is 75.0 cm³/mol. The van der Waals surface area contributed by atoms with Crippen molar-refractivity contribution in [3.63, 3.8) is 0 Å². The fraction of sp³-hybridized carbons (Fsp3) is 0.923. The molecule has 18 heavy (non-hydrogen) atoms. The smallest absolute Gasteiger partial charge is 0.144 e. The zero-order valence-electron chi connectivity index (χ0n) is 12.2. The molecule has 1 atom stereocenters. The summed E-state index contributed by atoms with van der Waals surface area (Å²) in [5.41, 5.74) is 5.41. The van der Waals surface area contributed by atoms with Gasteiger partial charge in [-0.2, -0.15) is 0 Å². The highest BCUT2D eigenvalue weighted by Gasteiger charge is 2.22. The molecule has 0 aliphatic rings. The van der Waals surface area contributed by atoms with Crippen molar-refractivity contribution in [3.8, 4) is 0 Å². The first-order valence-electron chi connectivity index (χ1n) is 6.68. The third-order valence-corrected chi connectivity index (χ3v) is 3.32. The number of nitrogens with two attached hydrogens (primary N) is 1. The maximum absolute atomic E-state index is 8.67. The van der Waals surface area contributed by atoms with Crippen LogP contribution < -0.4 is 11.1 Å². The molecule has 0 aromatic carbocycles. The van der Waals surface area contributed by atoms with E-state index in [1.165, 1.54) is 0 Å². The molecule has 0 heterocycles. The Morgan fingerprint density at radius 1 is 1.44 bits per heavy atom. The highest BCUT2D eigenvalue weighted by molar-refractivity contribution is 5.85. The van der Waals surface area contributed by atoms with Gasteiger partial charge in [-0.15, -0.1) is 0 Å². The van der Waals surface area contributed by atoms with Crippen LogP contribution in [0.25, 0.3) is 0 Å². The molecule has 0 aliphatic heterocycles. The molecule has 0 radical (unpaired) electrons. The molecule has 108 valence electrons. The van der Waals surface area contributed by atoms with E-state index in [1.807, 2.05) is 13.8 Å². The summed E-state index contributed by atoms with van der Waals surface area (Å²) in [6.07, 6.45) is 4.14. The Bertz CT molecular complexity index is 242. The summed E-state index contributed by atoms with van der Waals surface area (Å²) >= 11 is 0. The minimum Gasteiger partial charge on any atom is -0.409 e. The van der Waals surface area contributed by atoms with E-state index in [4.69, 9.17) is 15.7 Å². The highest BCUT2D eigenvalue weighted by Crippen LogP contribution is 2.23. The van der Waals surface area contributed by atoms with E-state index in [9.17, 15) is 0 Å². The van der Waals surface area contributed by atoms with Crippen molar-refractivity contribution in [1.82, 2.24) is 5.32 Å². The van der Waals surface area contributed by atoms with Crippen LogP contribution in [0.3, 0.4) is 0 Å². The average molecular weight is 259 g/mol. The van der Waals surface area contributed by atoms with Gasteiger partial charge in [0.15, 0.2) is 0 Å². The van der Waals surface area contributed by atoms with Crippen molar-refractivity contribution in [1.29, 1.82) is 0 Å². The zero-order chi connectivity index (χ0) is 14.0. The summed E-state index contributed by atoms with van der Waals surface area (Å²) in [6.45, 7) is 7.88. The number of hydrogen-bond donors (Lipinski definition) is 3. The SMILES string of the molecule is CCC(COC)NCCCCC(C)(C)C(N)=NO. The van der Waals surface area contributed by atoms with Crippen LogP contribution >= 0.6 is 0 Å². The van der Waals surface area contributed by atoms with E-state index < -0.39 is 0 Å². The third kappa shape index (κ3) is 6.81. The highest BCUT2D eigenvalue weighted by atomic mass is 16.5. The molecule has 5 heteroatoms. The second-order valence-corrected chi connectivity index (χ2v) is 5.34. The second kappa shape index (κ2) is 9.16. The Hall–Kier alpha value is -0.810. The number of ether oxygens (including phenoxy) is 1. The molecule has 5 nitrogen and oxygen atoms in total. The Labute approximate surface area is 111 Å². The number of hydrogen-bond acceptors (Lipinski definition) is 4. The zero-order valence-corrected chi connectivity index (χ0v) is 12.2. The topological polar surface area (TPSA) is 79.9 Å². The molecule has 0 bridgehead atoms. The maximum Gasteiger partial charge on any atom is 0.144 e. The molecule has 4 N–H and O–H groups in total. The van der Waals surface area contributed by atoms with Crippen molar-refractivity contribution < 1.29 is 9.94 Å². The molecule has 0 aromatic rings. The number of nitrogens with one attached hydrogen (secondary N) is 1. The van der Waals surface area contributed by atoms with Gasteiger partial charge in [0.1, 0.15) is 5.84 Å². The Morgan fingerprint density at radius 2 is 2.11 bits per heavy atom. The summed E-state index contributed by atoms with van der Waals surface area (Å²) < 4.78 is 5.13. The number of oxime groups is 1. The molecular weight excluding hydrogens is 230 g/mol. The molecule has 0 aromatic heterocycles. The molecule has 0 spiro atoms. The van der Waals surface area contributed by atoms with Crippen molar-refractivity contribution in [3.05, 3.63) is 0 Å². The molecule has 0 amide bonds. The van der Waals surface area contributed by atoms with Gasteiger partial charge in [-0.3, -0.25) is 0 Å². The van der Waals surface area contributed by atoms with Crippen molar-refractivity contribution >= 4 is 5.84 Å². The Morgan fingerprint density at radius 3 is 2.61 bits per heavy atom. The lowest BCUT2D eigenvalue weighted by molar-refractivity contribution is 0.164. The first-order valence-corrected chi connectivity index (χ1v) is 6.68. The fourth-order valence-electron chi connectivity index (χ4n) is 1.78. The van der Waals surface area contributed by atoms with Gasteiger partial charge in [-0.1, -0.05) is 32.3 Å². The molecule has 0 rings (SSSR count). The first kappa shape index (κ1) is 17.2. The van der Waals surface area contributed by atoms with Gasteiger partial charge in [0, 0.05) is 18.6 Å². The van der Waals surface area contributed by atoms with Gasteiger partial charge >= 0.3 is 0 Å². The van der Waals surface area contributed by atoms with E-state index in [-0.39, 0.29) is 5.41 Å². The van der Waals surface area contributed by atoms with Crippen LogP contribution in [-0.4, -0.2) is 37.3 Å². The van der Waals surface area contributed by atoms with Crippen LogP contribution in [0, 0.1) is 5.41 Å². The average Bonchev–Trinajstić information content (AvgIpc) is 2.35. The quantitative estimate of drug-likeness (QED) is 0.184. The number of unbranched alkanes of at least 4 members (excludes halogenated alkanes) is 1. The number of methoxy groups -OCH3 is 1. The van der Waals surface area contributed by atoms with Gasteiger partial charge < -0.3 is 21.0 Å². The third-order valence-electron chi connectivity index (χ3n) is 3.32.